The van der Waals surface area contributed by atoms with Crippen molar-refractivity contribution in [1.29, 1.82) is 0 Å². The number of carboxylic acid groups (broad SMARTS) is 1. The molecule has 5 rings (SSSR count). The highest BCUT2D eigenvalue weighted by atomic mass is 19.1. The predicted octanol–water partition coefficient (Wildman–Crippen LogP) is 4.95. The number of hydrogen-bond donors (Lipinski definition) is 2. The minimum atomic E-state index is -1.19. The molecule has 9 heteroatoms. The van der Waals surface area contributed by atoms with Crippen LogP contribution < -0.4 is 10.2 Å². The number of nitrogens with one attached hydrogen (secondary N) is 1. The molecule has 2 N–H and O–H groups in total. The fourth-order valence-corrected chi connectivity index (χ4v) is 3.89. The number of halogens is 1. The number of imide groups is 1. The second-order valence-corrected chi connectivity index (χ2v) is 7.80. The topological polar surface area (TPSA) is 113 Å². The van der Waals surface area contributed by atoms with Crippen molar-refractivity contribution in [3.05, 3.63) is 77.1 Å². The monoisotopic (exact) mass is 459 g/mol. The predicted molar refractivity (Wildman–Crippen MR) is 123 cm³/mol. The van der Waals surface area contributed by atoms with Crippen molar-refractivity contribution in [2.24, 2.45) is 0 Å². The summed E-state index contributed by atoms with van der Waals surface area (Å²) in [5, 5.41) is 12.5. The van der Waals surface area contributed by atoms with Gasteiger partial charge in [0.05, 0.1) is 27.9 Å². The standard InChI is InChI=1S/C25H18FN3O5/c1-2-9-27-19-7-5-15(12-18(19)22-28-20-11-14(26)4-8-21(20)34-22)29-23(30)16-6-3-13(25(32)33)10-17(16)24(29)31/h3-8,10-12,27H,2,9H2,1H3,(H,32,33). The summed E-state index contributed by atoms with van der Waals surface area (Å²) in [5.74, 6) is -2.62. The molecule has 0 atom stereocenters. The first-order valence-corrected chi connectivity index (χ1v) is 10.6. The summed E-state index contributed by atoms with van der Waals surface area (Å²) in [6.45, 7) is 2.67. The Morgan fingerprint density at radius 1 is 1.03 bits per heavy atom. The van der Waals surface area contributed by atoms with Crippen LogP contribution in [0, 0.1) is 5.82 Å². The molecular formula is C25H18FN3O5. The molecule has 0 saturated carbocycles. The van der Waals surface area contributed by atoms with Gasteiger partial charge in [-0.3, -0.25) is 9.59 Å². The maximum absolute atomic E-state index is 13.6. The van der Waals surface area contributed by atoms with Gasteiger partial charge in [-0.05, 0) is 55.0 Å². The van der Waals surface area contributed by atoms with E-state index in [1.54, 1.807) is 18.2 Å². The summed E-state index contributed by atoms with van der Waals surface area (Å²) in [6.07, 6.45) is 0.851. The van der Waals surface area contributed by atoms with Gasteiger partial charge in [0.25, 0.3) is 11.8 Å². The molecule has 0 saturated heterocycles. The average Bonchev–Trinajstić information content (AvgIpc) is 3.35. The Hall–Kier alpha value is -4.53. The van der Waals surface area contributed by atoms with Crippen LogP contribution in [0.15, 0.2) is 59.0 Å². The molecule has 0 aliphatic carbocycles. The van der Waals surface area contributed by atoms with Crippen molar-refractivity contribution >= 4 is 40.3 Å². The van der Waals surface area contributed by atoms with E-state index >= 15 is 0 Å². The fourth-order valence-electron chi connectivity index (χ4n) is 3.89. The molecule has 0 radical (unpaired) electrons. The highest BCUT2D eigenvalue weighted by molar-refractivity contribution is 6.34. The van der Waals surface area contributed by atoms with Crippen molar-refractivity contribution in [2.45, 2.75) is 13.3 Å². The lowest BCUT2D eigenvalue weighted by Gasteiger charge is -2.17. The molecule has 2 heterocycles. The van der Waals surface area contributed by atoms with Crippen LogP contribution in [0.2, 0.25) is 0 Å². The molecule has 1 aromatic heterocycles. The molecule has 1 aliphatic heterocycles. The van der Waals surface area contributed by atoms with E-state index in [0.717, 1.165) is 11.3 Å². The number of carbonyl (C=O) groups is 3. The van der Waals surface area contributed by atoms with Crippen LogP contribution in [0.25, 0.3) is 22.6 Å². The van der Waals surface area contributed by atoms with E-state index in [0.29, 0.717) is 28.9 Å². The molecule has 0 unspecified atom stereocenters. The average molecular weight is 459 g/mol. The Kier molecular flexibility index (Phi) is 5.09. The number of hydrogen-bond acceptors (Lipinski definition) is 6. The maximum atomic E-state index is 13.6. The highest BCUT2D eigenvalue weighted by Gasteiger charge is 2.37. The third-order valence-electron chi connectivity index (χ3n) is 5.54. The number of oxazole rings is 1. The molecule has 1 aliphatic rings. The molecule has 0 bridgehead atoms. The summed E-state index contributed by atoms with van der Waals surface area (Å²) in [5.41, 5.74) is 2.23. The lowest BCUT2D eigenvalue weighted by Crippen LogP contribution is -2.29. The van der Waals surface area contributed by atoms with Gasteiger partial charge in [-0.25, -0.2) is 19.1 Å². The van der Waals surface area contributed by atoms with Gasteiger partial charge in [-0.1, -0.05) is 6.92 Å². The molecule has 2 amide bonds. The van der Waals surface area contributed by atoms with E-state index in [1.807, 2.05) is 6.92 Å². The molecule has 0 fully saturated rings. The summed E-state index contributed by atoms with van der Waals surface area (Å²) in [7, 11) is 0. The zero-order valence-electron chi connectivity index (χ0n) is 18.0. The minimum absolute atomic E-state index is 0.0250. The molecule has 0 spiro atoms. The van der Waals surface area contributed by atoms with Gasteiger partial charge < -0.3 is 14.8 Å². The second-order valence-electron chi connectivity index (χ2n) is 7.80. The molecule has 3 aromatic carbocycles. The van der Waals surface area contributed by atoms with Crippen LogP contribution in [0.1, 0.15) is 44.4 Å². The number of anilines is 2. The smallest absolute Gasteiger partial charge is 0.335 e. The first-order chi connectivity index (χ1) is 16.4. The van der Waals surface area contributed by atoms with Crippen LogP contribution in [0.4, 0.5) is 15.8 Å². The van der Waals surface area contributed by atoms with E-state index in [1.165, 1.54) is 36.4 Å². The molecule has 34 heavy (non-hydrogen) atoms. The maximum Gasteiger partial charge on any atom is 0.335 e. The summed E-state index contributed by atoms with van der Waals surface area (Å²) >= 11 is 0. The van der Waals surface area contributed by atoms with Crippen molar-refractivity contribution in [3.8, 4) is 11.5 Å². The quantitative estimate of drug-likeness (QED) is 0.392. The number of carboxylic acids is 1. The van der Waals surface area contributed by atoms with Crippen molar-refractivity contribution in [1.82, 2.24) is 4.98 Å². The van der Waals surface area contributed by atoms with Gasteiger partial charge in [0.1, 0.15) is 11.3 Å². The van der Waals surface area contributed by atoms with E-state index in [4.69, 9.17) is 4.42 Å². The lowest BCUT2D eigenvalue weighted by atomic mass is 10.1. The largest absolute Gasteiger partial charge is 0.478 e. The van der Waals surface area contributed by atoms with Gasteiger partial charge in [0, 0.05) is 18.3 Å². The minimum Gasteiger partial charge on any atom is -0.478 e. The Bertz CT molecular complexity index is 1490. The highest BCUT2D eigenvalue weighted by Crippen LogP contribution is 2.36. The second kappa shape index (κ2) is 8.11. The Labute approximate surface area is 192 Å². The van der Waals surface area contributed by atoms with Crippen molar-refractivity contribution in [2.75, 3.05) is 16.8 Å². The fraction of sp³-hybridized carbons (Fsp3) is 0.120. The van der Waals surface area contributed by atoms with E-state index in [-0.39, 0.29) is 28.3 Å². The first kappa shape index (κ1) is 21.3. The van der Waals surface area contributed by atoms with Crippen molar-refractivity contribution in [3.63, 3.8) is 0 Å². The molecular weight excluding hydrogens is 441 g/mol. The van der Waals surface area contributed by atoms with Crippen LogP contribution >= 0.6 is 0 Å². The number of aromatic nitrogens is 1. The number of fused-ring (bicyclic) bond motifs is 2. The van der Waals surface area contributed by atoms with Gasteiger partial charge >= 0.3 is 5.97 Å². The van der Waals surface area contributed by atoms with Crippen LogP contribution in [0.3, 0.4) is 0 Å². The van der Waals surface area contributed by atoms with Gasteiger partial charge in [0.2, 0.25) is 5.89 Å². The number of aromatic carboxylic acids is 1. The van der Waals surface area contributed by atoms with E-state index in [9.17, 15) is 23.9 Å². The van der Waals surface area contributed by atoms with E-state index < -0.39 is 23.6 Å². The van der Waals surface area contributed by atoms with Gasteiger partial charge in [-0.2, -0.15) is 0 Å². The number of nitrogens with zero attached hydrogens (tertiary/aromatic N) is 2. The van der Waals surface area contributed by atoms with Crippen LogP contribution in [-0.2, 0) is 0 Å². The lowest BCUT2D eigenvalue weighted by molar-refractivity contribution is 0.0696. The first-order valence-electron chi connectivity index (χ1n) is 10.6. The number of amides is 2. The Morgan fingerprint density at radius 2 is 1.82 bits per heavy atom. The Balaban J connectivity index is 1.60. The molecule has 170 valence electrons. The summed E-state index contributed by atoms with van der Waals surface area (Å²) in [4.78, 5) is 42.8. The molecule has 4 aromatic rings. The Morgan fingerprint density at radius 3 is 2.59 bits per heavy atom. The third-order valence-corrected chi connectivity index (χ3v) is 5.54. The normalized spacial score (nSPS) is 12.9. The molecule has 8 nitrogen and oxygen atoms in total. The van der Waals surface area contributed by atoms with Crippen molar-refractivity contribution < 1.29 is 28.3 Å². The third kappa shape index (κ3) is 3.47. The zero-order valence-corrected chi connectivity index (χ0v) is 18.0. The summed E-state index contributed by atoms with van der Waals surface area (Å²) in [6, 6.07) is 12.8. The summed E-state index contributed by atoms with van der Waals surface area (Å²) < 4.78 is 19.5. The van der Waals surface area contributed by atoms with Crippen LogP contribution in [0.5, 0.6) is 0 Å². The van der Waals surface area contributed by atoms with Crippen LogP contribution in [-0.4, -0.2) is 34.4 Å². The van der Waals surface area contributed by atoms with Gasteiger partial charge in [0.15, 0.2) is 5.58 Å². The number of rotatable bonds is 6. The zero-order chi connectivity index (χ0) is 24.0. The number of carbonyl (C=O) groups excluding carboxylic acids is 2. The van der Waals surface area contributed by atoms with E-state index in [2.05, 4.69) is 10.3 Å². The number of benzene rings is 3. The van der Waals surface area contributed by atoms with Gasteiger partial charge in [-0.15, -0.1) is 0 Å². The SMILES string of the molecule is CCCNc1ccc(N2C(=O)c3ccc(C(=O)O)cc3C2=O)cc1-c1nc2cc(F)ccc2o1.